The van der Waals surface area contributed by atoms with E-state index in [1.54, 1.807) is 7.11 Å². The second-order valence-electron chi connectivity index (χ2n) is 4.37. The van der Waals surface area contributed by atoms with Gasteiger partial charge in [-0.2, -0.15) is 8.78 Å². The topological polar surface area (TPSA) is 39.1 Å². The van der Waals surface area contributed by atoms with Crippen molar-refractivity contribution in [3.8, 4) is 0 Å². The van der Waals surface area contributed by atoms with E-state index in [1.807, 2.05) is 0 Å². The fraction of sp³-hybridized carbons (Fsp3) is 0.727. The molecule has 1 heterocycles. The number of alkyl halides is 2. The standard InChI is InChI=1S/C11H17F2N3O/c1-17-11(3-2-4-11)8-14-7-9-15-5-6-16(9)10(12)13/h5-6,10,14H,2-4,7-8H2,1H3. The summed E-state index contributed by atoms with van der Waals surface area (Å²) in [4.78, 5) is 3.91. The fourth-order valence-electron chi connectivity index (χ4n) is 2.08. The van der Waals surface area contributed by atoms with Gasteiger partial charge in [0.05, 0.1) is 12.1 Å². The van der Waals surface area contributed by atoms with Crippen LogP contribution in [0.5, 0.6) is 0 Å². The summed E-state index contributed by atoms with van der Waals surface area (Å²) < 4.78 is 31.4. The van der Waals surface area contributed by atoms with Gasteiger partial charge in [-0.25, -0.2) is 4.98 Å². The van der Waals surface area contributed by atoms with Gasteiger partial charge in [0.25, 0.3) is 0 Å². The minimum Gasteiger partial charge on any atom is -0.377 e. The third kappa shape index (κ3) is 2.63. The molecule has 1 aliphatic rings. The smallest absolute Gasteiger partial charge is 0.319 e. The van der Waals surface area contributed by atoms with Crippen molar-refractivity contribution in [2.75, 3.05) is 13.7 Å². The lowest BCUT2D eigenvalue weighted by Crippen LogP contribution is -2.47. The Morgan fingerprint density at radius 1 is 1.59 bits per heavy atom. The Kier molecular flexibility index (Phi) is 3.73. The Morgan fingerprint density at radius 3 is 2.88 bits per heavy atom. The Hall–Kier alpha value is -1.01. The quantitative estimate of drug-likeness (QED) is 0.832. The molecule has 0 aliphatic heterocycles. The number of halogens is 2. The van der Waals surface area contributed by atoms with Crippen molar-refractivity contribution in [1.29, 1.82) is 0 Å². The fourth-order valence-corrected chi connectivity index (χ4v) is 2.08. The number of rotatable bonds is 6. The van der Waals surface area contributed by atoms with Crippen molar-refractivity contribution in [2.24, 2.45) is 0 Å². The molecule has 1 aromatic rings. The molecular weight excluding hydrogens is 228 g/mol. The number of nitrogens with zero attached hydrogens (tertiary/aromatic N) is 2. The molecule has 6 heteroatoms. The minimum absolute atomic E-state index is 0.0950. The first-order valence-electron chi connectivity index (χ1n) is 5.73. The monoisotopic (exact) mass is 245 g/mol. The molecule has 2 rings (SSSR count). The lowest BCUT2D eigenvalue weighted by molar-refractivity contribution is -0.0697. The summed E-state index contributed by atoms with van der Waals surface area (Å²) in [6, 6.07) is 0. The molecule has 0 bridgehead atoms. The summed E-state index contributed by atoms with van der Waals surface area (Å²) in [5.74, 6) is 0.352. The normalized spacial score (nSPS) is 18.4. The number of nitrogens with one attached hydrogen (secondary N) is 1. The highest BCUT2D eigenvalue weighted by Crippen LogP contribution is 2.34. The van der Waals surface area contributed by atoms with Crippen LogP contribution in [0.4, 0.5) is 8.78 Å². The molecule has 0 amide bonds. The average molecular weight is 245 g/mol. The van der Waals surface area contributed by atoms with E-state index in [0.717, 1.165) is 17.4 Å². The molecule has 0 spiro atoms. The molecule has 1 N–H and O–H groups in total. The lowest BCUT2D eigenvalue weighted by Gasteiger charge is -2.40. The first kappa shape index (κ1) is 12.4. The minimum atomic E-state index is -2.53. The number of aromatic nitrogens is 2. The Labute approximate surface area is 99.0 Å². The molecule has 4 nitrogen and oxygen atoms in total. The summed E-state index contributed by atoms with van der Waals surface area (Å²) in [6.07, 6.45) is 5.90. The highest BCUT2D eigenvalue weighted by molar-refractivity contribution is 4.95. The Balaban J connectivity index is 1.83. The molecule has 0 aromatic carbocycles. The number of hydrogen-bond donors (Lipinski definition) is 1. The maximum atomic E-state index is 12.5. The van der Waals surface area contributed by atoms with E-state index >= 15 is 0 Å². The molecule has 1 saturated carbocycles. The third-order valence-corrected chi connectivity index (χ3v) is 3.39. The van der Waals surface area contributed by atoms with Crippen molar-refractivity contribution in [3.63, 3.8) is 0 Å². The van der Waals surface area contributed by atoms with E-state index < -0.39 is 6.55 Å². The zero-order valence-corrected chi connectivity index (χ0v) is 9.83. The molecule has 0 saturated heterocycles. The van der Waals surface area contributed by atoms with Crippen LogP contribution in [0.15, 0.2) is 12.4 Å². The molecule has 0 radical (unpaired) electrons. The van der Waals surface area contributed by atoms with Crippen LogP contribution in [0.25, 0.3) is 0 Å². The molecule has 1 fully saturated rings. The van der Waals surface area contributed by atoms with Gasteiger partial charge in [0.15, 0.2) is 0 Å². The third-order valence-electron chi connectivity index (χ3n) is 3.39. The first-order chi connectivity index (χ1) is 8.17. The molecule has 96 valence electrons. The van der Waals surface area contributed by atoms with E-state index in [-0.39, 0.29) is 5.60 Å². The summed E-state index contributed by atoms with van der Waals surface area (Å²) in [7, 11) is 1.70. The second-order valence-corrected chi connectivity index (χ2v) is 4.37. The molecule has 0 unspecified atom stereocenters. The predicted molar refractivity (Wildman–Crippen MR) is 58.8 cm³/mol. The van der Waals surface area contributed by atoms with Gasteiger partial charge in [-0.15, -0.1) is 0 Å². The van der Waals surface area contributed by atoms with Crippen LogP contribution in [0, 0.1) is 0 Å². The lowest BCUT2D eigenvalue weighted by atomic mass is 9.80. The SMILES string of the molecule is COC1(CNCc2nccn2C(F)F)CCC1. The van der Waals surface area contributed by atoms with Gasteiger partial charge in [-0.1, -0.05) is 0 Å². The summed E-state index contributed by atoms with van der Waals surface area (Å²) in [5.41, 5.74) is -0.0950. The van der Waals surface area contributed by atoms with E-state index in [2.05, 4.69) is 10.3 Å². The van der Waals surface area contributed by atoms with Gasteiger partial charge in [-0.05, 0) is 19.3 Å². The predicted octanol–water partition coefficient (Wildman–Crippen LogP) is 1.94. The van der Waals surface area contributed by atoms with Crippen molar-refractivity contribution in [3.05, 3.63) is 18.2 Å². The van der Waals surface area contributed by atoms with Gasteiger partial charge < -0.3 is 10.1 Å². The van der Waals surface area contributed by atoms with Gasteiger partial charge in [0.1, 0.15) is 5.82 Å². The van der Waals surface area contributed by atoms with Crippen molar-refractivity contribution >= 4 is 0 Å². The van der Waals surface area contributed by atoms with Gasteiger partial charge in [-0.3, -0.25) is 4.57 Å². The van der Waals surface area contributed by atoms with Gasteiger partial charge in [0, 0.05) is 26.0 Å². The van der Waals surface area contributed by atoms with E-state index in [1.165, 1.54) is 18.8 Å². The van der Waals surface area contributed by atoms with Crippen molar-refractivity contribution < 1.29 is 13.5 Å². The number of hydrogen-bond acceptors (Lipinski definition) is 3. The van der Waals surface area contributed by atoms with Crippen molar-refractivity contribution in [1.82, 2.24) is 14.9 Å². The average Bonchev–Trinajstić information content (AvgIpc) is 2.70. The zero-order valence-electron chi connectivity index (χ0n) is 9.83. The molecular formula is C11H17F2N3O. The van der Waals surface area contributed by atoms with Crippen LogP contribution in [-0.4, -0.2) is 28.8 Å². The second kappa shape index (κ2) is 5.10. The van der Waals surface area contributed by atoms with Gasteiger partial charge in [0.2, 0.25) is 0 Å². The van der Waals surface area contributed by atoms with Crippen LogP contribution in [0.2, 0.25) is 0 Å². The van der Waals surface area contributed by atoms with Crippen LogP contribution < -0.4 is 5.32 Å². The molecule has 1 aliphatic carbocycles. The Bertz CT molecular complexity index is 358. The van der Waals surface area contributed by atoms with Crippen LogP contribution >= 0.6 is 0 Å². The van der Waals surface area contributed by atoms with Gasteiger partial charge >= 0.3 is 6.55 Å². The maximum absolute atomic E-state index is 12.5. The number of methoxy groups -OCH3 is 1. The number of ether oxygens (including phenoxy) is 1. The van der Waals surface area contributed by atoms with Crippen LogP contribution in [-0.2, 0) is 11.3 Å². The Morgan fingerprint density at radius 2 is 2.35 bits per heavy atom. The molecule has 0 atom stereocenters. The summed E-state index contributed by atoms with van der Waals surface area (Å²) in [5, 5.41) is 3.14. The number of imidazole rings is 1. The van der Waals surface area contributed by atoms with E-state index in [0.29, 0.717) is 18.9 Å². The summed E-state index contributed by atoms with van der Waals surface area (Å²) >= 11 is 0. The van der Waals surface area contributed by atoms with E-state index in [4.69, 9.17) is 4.74 Å². The summed E-state index contributed by atoms with van der Waals surface area (Å²) in [6.45, 7) is -1.52. The van der Waals surface area contributed by atoms with E-state index in [9.17, 15) is 8.78 Å². The van der Waals surface area contributed by atoms with Crippen LogP contribution in [0.3, 0.4) is 0 Å². The maximum Gasteiger partial charge on any atom is 0.319 e. The largest absolute Gasteiger partial charge is 0.377 e. The highest BCUT2D eigenvalue weighted by atomic mass is 19.3. The highest BCUT2D eigenvalue weighted by Gasteiger charge is 2.36. The zero-order chi connectivity index (χ0) is 12.3. The first-order valence-corrected chi connectivity index (χ1v) is 5.73. The molecule has 1 aromatic heterocycles. The van der Waals surface area contributed by atoms with Crippen molar-refractivity contribution in [2.45, 2.75) is 38.0 Å². The van der Waals surface area contributed by atoms with Crippen LogP contribution in [0.1, 0.15) is 31.6 Å². The molecule has 17 heavy (non-hydrogen) atoms.